The lowest BCUT2D eigenvalue weighted by Crippen LogP contribution is -2.48. The summed E-state index contributed by atoms with van der Waals surface area (Å²) in [4.78, 5) is 34.4. The molecule has 0 radical (unpaired) electrons. The van der Waals surface area contributed by atoms with Crippen molar-refractivity contribution in [3.05, 3.63) is 95.1 Å². The summed E-state index contributed by atoms with van der Waals surface area (Å²) >= 11 is 0. The van der Waals surface area contributed by atoms with Gasteiger partial charge in [-0.05, 0) is 67.8 Å². The van der Waals surface area contributed by atoms with Gasteiger partial charge >= 0.3 is 0 Å². The molecule has 8 heteroatoms. The number of rotatable bonds is 10. The Morgan fingerprint density at radius 3 is 2.56 bits per heavy atom. The normalized spacial score (nSPS) is 14.1. The molecule has 1 amide bonds. The molecule has 0 atom stereocenters. The van der Waals surface area contributed by atoms with Crippen LogP contribution in [-0.2, 0) is 0 Å². The van der Waals surface area contributed by atoms with Gasteiger partial charge in [0.05, 0.1) is 25.5 Å². The molecule has 0 aliphatic carbocycles. The van der Waals surface area contributed by atoms with Crippen LogP contribution >= 0.6 is 0 Å². The van der Waals surface area contributed by atoms with Gasteiger partial charge in [0, 0.05) is 49.4 Å². The number of piperazine rings is 1. The van der Waals surface area contributed by atoms with Crippen molar-refractivity contribution in [2.75, 3.05) is 46.4 Å². The standard InChI is InChI=1S/C33H35N3O5/c1-23-26-8-4-5-9-27(26)34-24(2)32(23)28(37)13-11-25-12-14-29(31(22-25)39-3)40-21-7-15-35-16-18-36(19-17-35)33(38)30-10-6-20-41-30/h4-6,8-14,20,22H,7,15-19,21H2,1-3H3/b13-11+. The summed E-state index contributed by atoms with van der Waals surface area (Å²) in [5, 5.41) is 0.987. The van der Waals surface area contributed by atoms with Crippen molar-refractivity contribution in [1.82, 2.24) is 14.8 Å². The minimum Gasteiger partial charge on any atom is -0.493 e. The smallest absolute Gasteiger partial charge is 0.289 e. The van der Waals surface area contributed by atoms with Crippen molar-refractivity contribution < 1.29 is 23.5 Å². The summed E-state index contributed by atoms with van der Waals surface area (Å²) in [7, 11) is 1.61. The second-order valence-corrected chi connectivity index (χ2v) is 10.1. The second kappa shape index (κ2) is 12.8. The molecule has 0 bridgehead atoms. The number of ketones is 1. The molecule has 0 spiro atoms. The number of carbonyl (C=O) groups excluding carboxylic acids is 2. The Bertz CT molecular complexity index is 1550. The zero-order valence-electron chi connectivity index (χ0n) is 23.8. The number of para-hydroxylation sites is 1. The lowest BCUT2D eigenvalue weighted by Gasteiger charge is -2.34. The number of ether oxygens (including phenoxy) is 2. The number of fused-ring (bicyclic) bond motifs is 1. The Labute approximate surface area is 240 Å². The van der Waals surface area contributed by atoms with Gasteiger partial charge in [-0.25, -0.2) is 0 Å². The van der Waals surface area contributed by atoms with Crippen molar-refractivity contribution in [2.45, 2.75) is 20.3 Å². The Hall–Kier alpha value is -4.43. The summed E-state index contributed by atoms with van der Waals surface area (Å²) in [6.45, 7) is 8.29. The molecular weight excluding hydrogens is 518 g/mol. The number of amides is 1. The van der Waals surface area contributed by atoms with Crippen molar-refractivity contribution in [2.24, 2.45) is 0 Å². The molecule has 2 aromatic carbocycles. The van der Waals surface area contributed by atoms with Crippen LogP contribution in [0.15, 0.2) is 71.4 Å². The van der Waals surface area contributed by atoms with Gasteiger partial charge in [-0.1, -0.05) is 30.3 Å². The van der Waals surface area contributed by atoms with Gasteiger partial charge in [-0.2, -0.15) is 0 Å². The first-order valence-electron chi connectivity index (χ1n) is 13.9. The van der Waals surface area contributed by atoms with Gasteiger partial charge in [-0.3, -0.25) is 19.5 Å². The number of allylic oxidation sites excluding steroid dienone is 1. The monoisotopic (exact) mass is 553 g/mol. The number of aromatic nitrogens is 1. The first kappa shape index (κ1) is 28.1. The van der Waals surface area contributed by atoms with Crippen LogP contribution in [0.5, 0.6) is 11.5 Å². The second-order valence-electron chi connectivity index (χ2n) is 10.1. The Balaban J connectivity index is 1.12. The molecule has 4 aromatic rings. The number of hydrogen-bond donors (Lipinski definition) is 0. The molecule has 5 rings (SSSR count). The average Bonchev–Trinajstić information content (AvgIpc) is 3.54. The van der Waals surface area contributed by atoms with E-state index in [9.17, 15) is 9.59 Å². The minimum atomic E-state index is -0.0799. The predicted molar refractivity (Wildman–Crippen MR) is 159 cm³/mol. The Morgan fingerprint density at radius 2 is 1.80 bits per heavy atom. The minimum absolute atomic E-state index is 0.0522. The predicted octanol–water partition coefficient (Wildman–Crippen LogP) is 5.58. The molecule has 0 saturated carbocycles. The van der Waals surface area contributed by atoms with Gasteiger partial charge in [0.15, 0.2) is 23.0 Å². The molecule has 1 aliphatic rings. The molecule has 1 fully saturated rings. The van der Waals surface area contributed by atoms with E-state index in [1.165, 1.54) is 6.26 Å². The van der Waals surface area contributed by atoms with E-state index in [1.54, 1.807) is 31.4 Å². The van der Waals surface area contributed by atoms with Crippen molar-refractivity contribution in [3.63, 3.8) is 0 Å². The first-order chi connectivity index (χ1) is 19.9. The fourth-order valence-electron chi connectivity index (χ4n) is 5.26. The highest BCUT2D eigenvalue weighted by Gasteiger charge is 2.23. The van der Waals surface area contributed by atoms with E-state index < -0.39 is 0 Å². The Kier molecular flexibility index (Phi) is 8.79. The van der Waals surface area contributed by atoms with Crippen molar-refractivity contribution in [1.29, 1.82) is 0 Å². The summed E-state index contributed by atoms with van der Waals surface area (Å²) in [6.07, 6.45) is 5.75. The van der Waals surface area contributed by atoms with Crippen LogP contribution < -0.4 is 9.47 Å². The third-order valence-corrected chi connectivity index (χ3v) is 7.46. The van der Waals surface area contributed by atoms with Gasteiger partial charge in [-0.15, -0.1) is 0 Å². The highest BCUT2D eigenvalue weighted by Crippen LogP contribution is 2.29. The third-order valence-electron chi connectivity index (χ3n) is 7.46. The van der Waals surface area contributed by atoms with Crippen LogP contribution in [0.2, 0.25) is 0 Å². The van der Waals surface area contributed by atoms with Gasteiger partial charge in [0.2, 0.25) is 0 Å². The van der Waals surface area contributed by atoms with Crippen LogP contribution in [0.4, 0.5) is 0 Å². The van der Waals surface area contributed by atoms with Crippen molar-refractivity contribution >= 4 is 28.7 Å². The lowest BCUT2D eigenvalue weighted by molar-refractivity contribution is 0.0600. The van der Waals surface area contributed by atoms with E-state index in [0.717, 1.165) is 53.8 Å². The molecule has 8 nitrogen and oxygen atoms in total. The SMILES string of the molecule is COc1cc(/C=C/C(=O)c2c(C)nc3ccccc3c2C)ccc1OCCCN1CCN(C(=O)c2ccco2)CC1. The number of pyridine rings is 1. The van der Waals surface area contributed by atoms with Gasteiger partial charge in [0.25, 0.3) is 5.91 Å². The molecule has 41 heavy (non-hydrogen) atoms. The number of methoxy groups -OCH3 is 1. The molecular formula is C33H35N3O5. The molecule has 0 N–H and O–H groups in total. The average molecular weight is 554 g/mol. The van der Waals surface area contributed by atoms with E-state index in [4.69, 9.17) is 13.9 Å². The topological polar surface area (TPSA) is 85.1 Å². The molecule has 1 saturated heterocycles. The van der Waals surface area contributed by atoms with Crippen LogP contribution in [0.3, 0.4) is 0 Å². The zero-order valence-corrected chi connectivity index (χ0v) is 23.8. The van der Waals surface area contributed by atoms with E-state index in [1.807, 2.05) is 61.2 Å². The maximum atomic E-state index is 13.1. The third kappa shape index (κ3) is 6.49. The lowest BCUT2D eigenvalue weighted by atomic mass is 9.98. The number of nitrogens with zero attached hydrogens (tertiary/aromatic N) is 3. The Morgan fingerprint density at radius 1 is 1.00 bits per heavy atom. The molecule has 2 aromatic heterocycles. The molecule has 212 valence electrons. The van der Waals surface area contributed by atoms with Crippen molar-refractivity contribution in [3.8, 4) is 11.5 Å². The maximum Gasteiger partial charge on any atom is 0.289 e. The summed E-state index contributed by atoms with van der Waals surface area (Å²) < 4.78 is 16.8. The number of hydrogen-bond acceptors (Lipinski definition) is 7. The van der Waals surface area contributed by atoms with Crippen LogP contribution in [0.25, 0.3) is 17.0 Å². The number of carbonyl (C=O) groups is 2. The van der Waals surface area contributed by atoms with E-state index in [-0.39, 0.29) is 11.7 Å². The number of benzene rings is 2. The fourth-order valence-corrected chi connectivity index (χ4v) is 5.26. The highest BCUT2D eigenvalue weighted by molar-refractivity contribution is 6.10. The summed E-state index contributed by atoms with van der Waals surface area (Å²) in [5.41, 5.74) is 4.03. The molecule has 0 unspecified atom stereocenters. The van der Waals surface area contributed by atoms with Gasteiger partial charge < -0.3 is 18.8 Å². The summed E-state index contributed by atoms with van der Waals surface area (Å²) in [5.74, 6) is 1.54. The highest BCUT2D eigenvalue weighted by atomic mass is 16.5. The number of aryl methyl sites for hydroxylation is 2. The molecule has 1 aliphatic heterocycles. The summed E-state index contributed by atoms with van der Waals surface area (Å²) in [6, 6.07) is 17.0. The zero-order chi connectivity index (χ0) is 28.8. The van der Waals surface area contributed by atoms with Crippen LogP contribution in [0, 0.1) is 13.8 Å². The molecule has 3 heterocycles. The maximum absolute atomic E-state index is 13.1. The van der Waals surface area contributed by atoms with Gasteiger partial charge in [0.1, 0.15) is 0 Å². The van der Waals surface area contributed by atoms with E-state index >= 15 is 0 Å². The first-order valence-corrected chi connectivity index (χ1v) is 13.9. The quantitative estimate of drug-likeness (QED) is 0.144. The fraction of sp³-hybridized carbons (Fsp3) is 0.303. The van der Waals surface area contributed by atoms with E-state index in [0.29, 0.717) is 42.5 Å². The van der Waals surface area contributed by atoms with Crippen LogP contribution in [-0.4, -0.2) is 72.9 Å². The van der Waals surface area contributed by atoms with Crippen LogP contribution in [0.1, 0.15) is 44.2 Å². The largest absolute Gasteiger partial charge is 0.493 e. The number of furan rings is 1. The van der Waals surface area contributed by atoms with E-state index in [2.05, 4.69) is 9.88 Å².